The number of ether oxygens (including phenoxy) is 3. The minimum atomic E-state index is -4.47. The second-order valence-electron chi connectivity index (χ2n) is 8.74. The minimum Gasteiger partial charge on any atom is -0.489 e. The van der Waals surface area contributed by atoms with E-state index in [1.807, 2.05) is 12.1 Å². The number of nitrogens with zero attached hydrogens (tertiary/aromatic N) is 6. The lowest BCUT2D eigenvalue weighted by molar-refractivity contribution is -0.389. The Morgan fingerprint density at radius 3 is 2.57 bits per heavy atom. The van der Waals surface area contributed by atoms with Gasteiger partial charge in [-0.05, 0) is 28.7 Å². The van der Waals surface area contributed by atoms with Gasteiger partial charge in [-0.15, -0.1) is 0 Å². The number of alkyl halides is 3. The third-order valence-electron chi connectivity index (χ3n) is 6.10. The molecule has 0 N–H and O–H groups in total. The molecule has 3 aromatic heterocycles. The predicted molar refractivity (Wildman–Crippen MR) is 122 cm³/mol. The molecular weight excluding hydrogens is 497 g/mol. The fraction of sp³-hybridized carbons (Fsp3) is 0.435. The number of pyridine rings is 2. The van der Waals surface area contributed by atoms with Crippen molar-refractivity contribution in [3.63, 3.8) is 0 Å². The zero-order valence-corrected chi connectivity index (χ0v) is 19.5. The number of hydrogen-bond donors (Lipinski definition) is 0. The van der Waals surface area contributed by atoms with E-state index in [1.54, 1.807) is 10.8 Å². The Kier molecular flexibility index (Phi) is 6.82. The van der Waals surface area contributed by atoms with E-state index in [9.17, 15) is 23.3 Å². The van der Waals surface area contributed by atoms with E-state index >= 15 is 0 Å². The summed E-state index contributed by atoms with van der Waals surface area (Å²) >= 11 is 0. The molecule has 37 heavy (non-hydrogen) atoms. The van der Waals surface area contributed by atoms with Crippen molar-refractivity contribution in [1.29, 1.82) is 0 Å². The molecule has 5 heterocycles. The molecule has 11 nitrogen and oxygen atoms in total. The topological polar surface area (TPSA) is 118 Å². The van der Waals surface area contributed by atoms with Gasteiger partial charge in [0.25, 0.3) is 0 Å². The standard InChI is InChI=1S/C23H23F3N6O5/c24-23(25,26)19-3-2-17(10-27-19)37-16-5-7-30(8-6-16)20-4-1-15(9-28-20)13-35-18-11-31-12-21(32(33)34)29-22(31)36-14-18/h1-4,9-10,12,16,18H,5-8,11,13-14H2/t18-/m0/s1. The van der Waals surface area contributed by atoms with Crippen LogP contribution in [0.3, 0.4) is 0 Å². The Hall–Kier alpha value is -3.94. The van der Waals surface area contributed by atoms with Crippen LogP contribution >= 0.6 is 0 Å². The van der Waals surface area contributed by atoms with Crippen LogP contribution in [0.15, 0.2) is 42.9 Å². The number of rotatable bonds is 7. The molecule has 1 fully saturated rings. The fourth-order valence-electron chi connectivity index (χ4n) is 4.18. The van der Waals surface area contributed by atoms with Crippen LogP contribution in [0.2, 0.25) is 0 Å². The van der Waals surface area contributed by atoms with Gasteiger partial charge < -0.3 is 29.2 Å². The number of hydrogen-bond acceptors (Lipinski definition) is 9. The van der Waals surface area contributed by atoms with Gasteiger partial charge in [0.15, 0.2) is 0 Å². The van der Waals surface area contributed by atoms with Crippen molar-refractivity contribution in [2.45, 2.75) is 44.4 Å². The molecule has 2 aliphatic heterocycles. The Morgan fingerprint density at radius 1 is 1.11 bits per heavy atom. The number of anilines is 1. The highest BCUT2D eigenvalue weighted by Gasteiger charge is 2.32. The molecule has 196 valence electrons. The van der Waals surface area contributed by atoms with Crippen molar-refractivity contribution in [2.75, 3.05) is 24.6 Å². The summed E-state index contributed by atoms with van der Waals surface area (Å²) in [5, 5.41) is 10.9. The van der Waals surface area contributed by atoms with Crippen LogP contribution in [-0.2, 0) is 24.1 Å². The van der Waals surface area contributed by atoms with Crippen molar-refractivity contribution in [1.82, 2.24) is 19.5 Å². The molecule has 0 bridgehead atoms. The van der Waals surface area contributed by atoms with E-state index in [0.29, 0.717) is 44.8 Å². The number of imidazole rings is 1. The van der Waals surface area contributed by atoms with Crippen molar-refractivity contribution >= 4 is 11.6 Å². The van der Waals surface area contributed by atoms with Crippen LogP contribution in [0.25, 0.3) is 0 Å². The summed E-state index contributed by atoms with van der Waals surface area (Å²) in [6.07, 6.45) is 0.706. The lowest BCUT2D eigenvalue weighted by atomic mass is 10.1. The average molecular weight is 520 g/mol. The van der Waals surface area contributed by atoms with Gasteiger partial charge in [-0.25, -0.2) is 9.97 Å². The molecule has 0 spiro atoms. The second kappa shape index (κ2) is 10.2. The molecule has 0 saturated carbocycles. The number of halogens is 3. The first-order valence-electron chi connectivity index (χ1n) is 11.6. The number of fused-ring (bicyclic) bond motifs is 1. The summed E-state index contributed by atoms with van der Waals surface area (Å²) < 4.78 is 56.7. The van der Waals surface area contributed by atoms with Gasteiger partial charge in [0.05, 0.1) is 19.3 Å². The maximum atomic E-state index is 12.7. The van der Waals surface area contributed by atoms with E-state index in [4.69, 9.17) is 14.2 Å². The monoisotopic (exact) mass is 520 g/mol. The van der Waals surface area contributed by atoms with E-state index in [0.717, 1.165) is 23.6 Å². The lowest BCUT2D eigenvalue weighted by Crippen LogP contribution is -2.38. The highest BCUT2D eigenvalue weighted by molar-refractivity contribution is 5.40. The molecule has 5 rings (SSSR count). The van der Waals surface area contributed by atoms with E-state index in [-0.39, 0.29) is 30.6 Å². The largest absolute Gasteiger partial charge is 0.489 e. The fourth-order valence-corrected chi connectivity index (χ4v) is 4.18. The van der Waals surface area contributed by atoms with Crippen LogP contribution in [0, 0.1) is 10.1 Å². The molecule has 14 heteroatoms. The smallest absolute Gasteiger partial charge is 0.433 e. The van der Waals surface area contributed by atoms with Gasteiger partial charge in [0.1, 0.15) is 42.3 Å². The maximum absolute atomic E-state index is 12.7. The Morgan fingerprint density at radius 2 is 1.92 bits per heavy atom. The van der Waals surface area contributed by atoms with Crippen LogP contribution in [0.4, 0.5) is 24.8 Å². The van der Waals surface area contributed by atoms with Gasteiger partial charge in [-0.3, -0.25) is 4.57 Å². The summed E-state index contributed by atoms with van der Waals surface area (Å²) in [5.74, 6) is 0.872. The van der Waals surface area contributed by atoms with Crippen LogP contribution < -0.4 is 14.4 Å². The highest BCUT2D eigenvalue weighted by Crippen LogP contribution is 2.29. The molecule has 0 radical (unpaired) electrons. The first-order chi connectivity index (χ1) is 17.7. The zero-order chi connectivity index (χ0) is 26.0. The predicted octanol–water partition coefficient (Wildman–Crippen LogP) is 3.63. The molecule has 0 aliphatic carbocycles. The molecule has 0 aromatic carbocycles. The molecule has 1 atom stereocenters. The third-order valence-corrected chi connectivity index (χ3v) is 6.10. The molecule has 1 saturated heterocycles. The number of piperidine rings is 1. The SMILES string of the molecule is O=[N+]([O-])c1cn2c(n1)OC[C@@H](OCc1ccc(N3CCC(Oc4ccc(C(F)(F)F)nc4)CC3)nc1)C2. The van der Waals surface area contributed by atoms with Gasteiger partial charge in [-0.1, -0.05) is 6.07 Å². The van der Waals surface area contributed by atoms with Crippen molar-refractivity contribution in [3.8, 4) is 11.8 Å². The van der Waals surface area contributed by atoms with Crippen LogP contribution in [0.5, 0.6) is 11.8 Å². The summed E-state index contributed by atoms with van der Waals surface area (Å²) in [6, 6.07) is 6.26. The van der Waals surface area contributed by atoms with Gasteiger partial charge in [0.2, 0.25) is 0 Å². The van der Waals surface area contributed by atoms with E-state index in [1.165, 1.54) is 12.3 Å². The lowest BCUT2D eigenvalue weighted by Gasteiger charge is -2.33. The molecular formula is C23H23F3N6O5. The molecule has 2 aliphatic rings. The van der Waals surface area contributed by atoms with Crippen molar-refractivity contribution < 1.29 is 32.3 Å². The molecule has 0 unspecified atom stereocenters. The normalized spacial score (nSPS) is 18.2. The van der Waals surface area contributed by atoms with Gasteiger partial charge in [0, 0.05) is 37.1 Å². The van der Waals surface area contributed by atoms with Crippen LogP contribution in [0.1, 0.15) is 24.1 Å². The first-order valence-corrected chi connectivity index (χ1v) is 11.6. The van der Waals surface area contributed by atoms with E-state index < -0.39 is 16.8 Å². The summed E-state index contributed by atoms with van der Waals surface area (Å²) in [5.41, 5.74) is -0.0699. The van der Waals surface area contributed by atoms with Gasteiger partial charge >= 0.3 is 18.0 Å². The summed E-state index contributed by atoms with van der Waals surface area (Å²) in [6.45, 7) is 2.35. The zero-order valence-electron chi connectivity index (χ0n) is 19.5. The van der Waals surface area contributed by atoms with E-state index in [2.05, 4.69) is 19.9 Å². The van der Waals surface area contributed by atoms with Crippen molar-refractivity contribution in [2.24, 2.45) is 0 Å². The highest BCUT2D eigenvalue weighted by atomic mass is 19.4. The van der Waals surface area contributed by atoms with Gasteiger partial charge in [-0.2, -0.15) is 13.2 Å². The maximum Gasteiger partial charge on any atom is 0.433 e. The second-order valence-corrected chi connectivity index (χ2v) is 8.74. The Labute approximate surface area is 209 Å². The summed E-state index contributed by atoms with van der Waals surface area (Å²) in [7, 11) is 0. The third kappa shape index (κ3) is 5.90. The summed E-state index contributed by atoms with van der Waals surface area (Å²) in [4.78, 5) is 24.2. The quantitative estimate of drug-likeness (QED) is 0.340. The Balaban J connectivity index is 1.07. The average Bonchev–Trinajstić information content (AvgIpc) is 3.32. The Bertz CT molecular complexity index is 1230. The number of aromatic nitrogens is 4. The van der Waals surface area contributed by atoms with Crippen LogP contribution in [-0.4, -0.2) is 56.3 Å². The van der Waals surface area contributed by atoms with Crippen molar-refractivity contribution in [3.05, 3.63) is 64.2 Å². The molecule has 0 amide bonds. The molecule has 3 aromatic rings. The minimum absolute atomic E-state index is 0.113. The number of nitro groups is 1. The first kappa shape index (κ1) is 24.7.